The monoisotopic (exact) mass is 373 g/mol. The van der Waals surface area contributed by atoms with E-state index in [0.29, 0.717) is 6.07 Å². The van der Waals surface area contributed by atoms with E-state index < -0.39 is 29.0 Å². The molecule has 0 spiro atoms. The van der Waals surface area contributed by atoms with Gasteiger partial charge in [0.05, 0.1) is 18.8 Å². The van der Waals surface area contributed by atoms with E-state index in [1.165, 1.54) is 7.05 Å². The van der Waals surface area contributed by atoms with Gasteiger partial charge in [-0.05, 0) is 32.9 Å². The first-order valence-corrected chi connectivity index (χ1v) is 7.72. The number of benzene rings is 1. The fourth-order valence-corrected chi connectivity index (χ4v) is 1.83. The van der Waals surface area contributed by atoms with Crippen LogP contribution in [0, 0.1) is 17.5 Å². The van der Waals surface area contributed by atoms with E-state index in [1.54, 1.807) is 0 Å². The lowest BCUT2D eigenvalue weighted by molar-refractivity contribution is -0.121. The molecular weight excluding hydrogens is 351 g/mol. The van der Waals surface area contributed by atoms with Crippen LogP contribution in [-0.2, 0) is 9.59 Å². The molecule has 0 radical (unpaired) electrons. The first-order valence-electron chi connectivity index (χ1n) is 7.72. The number of hydrogen-bond acceptors (Lipinski definition) is 3. The highest BCUT2D eigenvalue weighted by Gasteiger charge is 2.16. The van der Waals surface area contributed by atoms with Gasteiger partial charge in [-0.25, -0.2) is 13.2 Å². The van der Waals surface area contributed by atoms with E-state index in [1.807, 2.05) is 20.8 Å². The first-order chi connectivity index (χ1) is 12.0. The number of rotatable bonds is 5. The average molecular weight is 373 g/mol. The number of nitrogens with one attached hydrogen (secondary N) is 4. The molecule has 0 aliphatic rings. The van der Waals surface area contributed by atoms with E-state index in [4.69, 9.17) is 0 Å². The third-order valence-corrected chi connectivity index (χ3v) is 2.88. The van der Waals surface area contributed by atoms with Crippen LogP contribution in [0.2, 0.25) is 0 Å². The van der Waals surface area contributed by atoms with Gasteiger partial charge in [0.15, 0.2) is 23.4 Å². The fourth-order valence-electron chi connectivity index (χ4n) is 1.83. The minimum absolute atomic E-state index is 0.0731. The molecule has 1 rings (SSSR count). The van der Waals surface area contributed by atoms with Crippen LogP contribution in [0.4, 0.5) is 18.9 Å². The number of nitrogens with zero attached hydrogens (tertiary/aromatic N) is 1. The number of carbonyl (C=O) groups excluding carboxylic acids is 2. The van der Waals surface area contributed by atoms with Gasteiger partial charge in [-0.1, -0.05) is 0 Å². The Bertz CT molecular complexity index is 702. The summed E-state index contributed by atoms with van der Waals surface area (Å²) in [5.41, 5.74) is -0.868. The van der Waals surface area contributed by atoms with E-state index >= 15 is 0 Å². The molecule has 0 atom stereocenters. The van der Waals surface area contributed by atoms with Crippen molar-refractivity contribution in [2.75, 3.05) is 25.5 Å². The molecule has 0 fully saturated rings. The maximum atomic E-state index is 13.5. The summed E-state index contributed by atoms with van der Waals surface area (Å²) in [4.78, 5) is 27.3. The van der Waals surface area contributed by atoms with E-state index in [9.17, 15) is 22.8 Å². The van der Waals surface area contributed by atoms with Crippen molar-refractivity contribution < 1.29 is 22.8 Å². The molecule has 1 aromatic carbocycles. The summed E-state index contributed by atoms with van der Waals surface area (Å²) in [6.45, 7) is 5.09. The number of hydrogen-bond donors (Lipinski definition) is 4. The summed E-state index contributed by atoms with van der Waals surface area (Å²) < 4.78 is 39.5. The summed E-state index contributed by atoms with van der Waals surface area (Å²) in [5, 5.41) is 10.2. The quantitative estimate of drug-likeness (QED) is 0.353. The summed E-state index contributed by atoms with van der Waals surface area (Å²) in [5.74, 6) is -5.32. The van der Waals surface area contributed by atoms with E-state index in [0.717, 1.165) is 6.07 Å². The van der Waals surface area contributed by atoms with Crippen LogP contribution in [0.1, 0.15) is 20.8 Å². The smallest absolute Gasteiger partial charge is 0.243 e. The fraction of sp³-hybridized carbons (Fsp3) is 0.438. The Morgan fingerprint density at radius 3 is 2.12 bits per heavy atom. The standard InChI is InChI=1S/C16H22F3N5O2/c1-16(2,3)24-12(26)8-22-15(20-4)21-7-11(25)23-10-6-5-9(17)13(18)14(10)19/h5-6H,7-8H2,1-4H3,(H,23,25)(H,24,26)(H2,20,21,22). The molecule has 7 nitrogen and oxygen atoms in total. The third kappa shape index (κ3) is 6.99. The molecular formula is C16H22F3N5O2. The van der Waals surface area contributed by atoms with Crippen molar-refractivity contribution in [3.05, 3.63) is 29.6 Å². The number of guanidine groups is 1. The summed E-state index contributed by atoms with van der Waals surface area (Å²) in [6, 6.07) is 1.62. The Hall–Kier alpha value is -2.78. The normalized spacial score (nSPS) is 11.7. The Labute approximate surface area is 149 Å². The average Bonchev–Trinajstić information content (AvgIpc) is 2.54. The van der Waals surface area contributed by atoms with Gasteiger partial charge in [0, 0.05) is 12.6 Å². The van der Waals surface area contributed by atoms with Crippen molar-refractivity contribution >= 4 is 23.5 Å². The Kier molecular flexibility index (Phi) is 7.41. The Morgan fingerprint density at radius 1 is 1.00 bits per heavy atom. The van der Waals surface area contributed by atoms with Gasteiger partial charge in [-0.2, -0.15) is 0 Å². The number of aliphatic imine (C=N–C) groups is 1. The third-order valence-electron chi connectivity index (χ3n) is 2.88. The maximum absolute atomic E-state index is 13.5. The molecule has 0 bridgehead atoms. The van der Waals surface area contributed by atoms with Crippen LogP contribution in [0.5, 0.6) is 0 Å². The molecule has 0 saturated heterocycles. The number of carbonyl (C=O) groups is 2. The maximum Gasteiger partial charge on any atom is 0.243 e. The van der Waals surface area contributed by atoms with Crippen LogP contribution < -0.4 is 21.3 Å². The molecule has 144 valence electrons. The van der Waals surface area contributed by atoms with Crippen LogP contribution >= 0.6 is 0 Å². The van der Waals surface area contributed by atoms with Crippen molar-refractivity contribution in [2.24, 2.45) is 4.99 Å². The van der Waals surface area contributed by atoms with Crippen molar-refractivity contribution in [3.8, 4) is 0 Å². The van der Waals surface area contributed by atoms with Crippen molar-refractivity contribution in [2.45, 2.75) is 26.3 Å². The molecule has 0 heterocycles. The molecule has 0 unspecified atom stereocenters. The van der Waals surface area contributed by atoms with Crippen molar-refractivity contribution in [3.63, 3.8) is 0 Å². The molecule has 2 amide bonds. The molecule has 1 aromatic rings. The minimum Gasteiger partial charge on any atom is -0.350 e. The second-order valence-electron chi connectivity index (χ2n) is 6.35. The van der Waals surface area contributed by atoms with Crippen LogP contribution in [-0.4, -0.2) is 43.5 Å². The molecule has 26 heavy (non-hydrogen) atoms. The summed E-state index contributed by atoms with van der Waals surface area (Å²) in [6.07, 6.45) is 0. The largest absolute Gasteiger partial charge is 0.350 e. The zero-order valence-corrected chi connectivity index (χ0v) is 15.0. The van der Waals surface area contributed by atoms with E-state index in [-0.39, 0.29) is 30.5 Å². The predicted octanol–water partition coefficient (Wildman–Crippen LogP) is 1.12. The zero-order valence-electron chi connectivity index (χ0n) is 15.0. The highest BCUT2D eigenvalue weighted by Crippen LogP contribution is 2.19. The zero-order chi connectivity index (χ0) is 19.9. The number of anilines is 1. The lowest BCUT2D eigenvalue weighted by Crippen LogP contribution is -2.49. The lowest BCUT2D eigenvalue weighted by Gasteiger charge is -2.21. The highest BCUT2D eigenvalue weighted by atomic mass is 19.2. The first kappa shape index (κ1) is 21.3. The molecule has 0 aromatic heterocycles. The van der Waals surface area contributed by atoms with Gasteiger partial charge in [-0.15, -0.1) is 0 Å². The van der Waals surface area contributed by atoms with Gasteiger partial charge in [0.2, 0.25) is 11.8 Å². The van der Waals surface area contributed by atoms with Crippen molar-refractivity contribution in [1.82, 2.24) is 16.0 Å². The molecule has 4 N–H and O–H groups in total. The topological polar surface area (TPSA) is 94.6 Å². The minimum atomic E-state index is -1.67. The summed E-state index contributed by atoms with van der Waals surface area (Å²) >= 11 is 0. The number of halogens is 3. The highest BCUT2D eigenvalue weighted by molar-refractivity contribution is 5.95. The van der Waals surface area contributed by atoms with Gasteiger partial charge in [0.25, 0.3) is 0 Å². The predicted molar refractivity (Wildman–Crippen MR) is 92.2 cm³/mol. The van der Waals surface area contributed by atoms with Crippen LogP contribution in [0.3, 0.4) is 0 Å². The van der Waals surface area contributed by atoms with Gasteiger partial charge in [0.1, 0.15) is 0 Å². The lowest BCUT2D eigenvalue weighted by atomic mass is 10.1. The van der Waals surface area contributed by atoms with Crippen LogP contribution in [0.15, 0.2) is 17.1 Å². The second-order valence-corrected chi connectivity index (χ2v) is 6.35. The molecule has 10 heteroatoms. The SMILES string of the molecule is CN=C(NCC(=O)Nc1ccc(F)c(F)c1F)NCC(=O)NC(C)(C)C. The summed E-state index contributed by atoms with van der Waals surface area (Å²) in [7, 11) is 1.43. The number of amides is 2. The Balaban J connectivity index is 2.50. The Morgan fingerprint density at radius 2 is 1.58 bits per heavy atom. The van der Waals surface area contributed by atoms with Gasteiger partial charge in [-0.3, -0.25) is 14.6 Å². The molecule has 0 aliphatic heterocycles. The van der Waals surface area contributed by atoms with Crippen molar-refractivity contribution in [1.29, 1.82) is 0 Å². The van der Waals surface area contributed by atoms with Gasteiger partial charge < -0.3 is 21.3 Å². The molecule has 0 aliphatic carbocycles. The van der Waals surface area contributed by atoms with Gasteiger partial charge >= 0.3 is 0 Å². The van der Waals surface area contributed by atoms with E-state index in [2.05, 4.69) is 26.3 Å². The molecule has 0 saturated carbocycles. The van der Waals surface area contributed by atoms with Crippen LogP contribution in [0.25, 0.3) is 0 Å². The second kappa shape index (κ2) is 9.07.